The summed E-state index contributed by atoms with van der Waals surface area (Å²) in [7, 11) is 0. The summed E-state index contributed by atoms with van der Waals surface area (Å²) in [5.74, 6) is -0.535. The Hall–Kier alpha value is -1.07. The highest BCUT2D eigenvalue weighted by atomic mass is 79.9. The number of aliphatic hydroxyl groups is 1. The van der Waals surface area contributed by atoms with Gasteiger partial charge in [0.1, 0.15) is 11.9 Å². The van der Waals surface area contributed by atoms with Crippen molar-refractivity contribution < 1.29 is 19.7 Å². The average Bonchev–Trinajstić information content (AvgIpc) is 2.61. The van der Waals surface area contributed by atoms with Crippen LogP contribution in [-0.2, 0) is 0 Å². The fourth-order valence-electron chi connectivity index (χ4n) is 2.18. The number of carbonyl (C=O) groups is 1. The van der Waals surface area contributed by atoms with E-state index >= 15 is 0 Å². The SMILES string of the molecule is CC1(O)CCCC1Oc1cc(C(=O)O)ccc1Br. The summed E-state index contributed by atoms with van der Waals surface area (Å²) < 4.78 is 6.44. The predicted octanol–water partition coefficient (Wildman–Crippen LogP) is 2.83. The van der Waals surface area contributed by atoms with Gasteiger partial charge < -0.3 is 14.9 Å². The molecule has 0 saturated heterocycles. The second kappa shape index (κ2) is 4.90. The molecule has 18 heavy (non-hydrogen) atoms. The number of halogens is 1. The first-order chi connectivity index (χ1) is 8.40. The van der Waals surface area contributed by atoms with Gasteiger partial charge in [0.25, 0.3) is 0 Å². The molecular weight excluding hydrogens is 300 g/mol. The zero-order valence-corrected chi connectivity index (χ0v) is 11.6. The molecule has 0 spiro atoms. The second-order valence-corrected chi connectivity index (χ2v) is 5.66. The van der Waals surface area contributed by atoms with E-state index in [1.54, 1.807) is 13.0 Å². The van der Waals surface area contributed by atoms with E-state index in [2.05, 4.69) is 15.9 Å². The monoisotopic (exact) mass is 314 g/mol. The molecule has 2 rings (SSSR count). The summed E-state index contributed by atoms with van der Waals surface area (Å²) in [4.78, 5) is 10.9. The molecule has 0 bridgehead atoms. The normalized spacial score (nSPS) is 27.2. The lowest BCUT2D eigenvalue weighted by Crippen LogP contribution is -2.38. The van der Waals surface area contributed by atoms with E-state index in [0.717, 1.165) is 12.8 Å². The summed E-state index contributed by atoms with van der Waals surface area (Å²) >= 11 is 3.32. The van der Waals surface area contributed by atoms with E-state index in [0.29, 0.717) is 16.6 Å². The highest BCUT2D eigenvalue weighted by Gasteiger charge is 2.38. The maximum absolute atomic E-state index is 10.9. The largest absolute Gasteiger partial charge is 0.486 e. The minimum absolute atomic E-state index is 0.172. The van der Waals surface area contributed by atoms with Crippen LogP contribution in [0.4, 0.5) is 0 Å². The third-order valence-electron chi connectivity index (χ3n) is 3.29. The highest BCUT2D eigenvalue weighted by Crippen LogP contribution is 2.35. The number of ether oxygens (including phenoxy) is 1. The number of carboxylic acids is 1. The van der Waals surface area contributed by atoms with Crippen molar-refractivity contribution >= 4 is 21.9 Å². The van der Waals surface area contributed by atoms with Gasteiger partial charge in [0.15, 0.2) is 0 Å². The van der Waals surface area contributed by atoms with Crippen LogP contribution in [0.2, 0.25) is 0 Å². The van der Waals surface area contributed by atoms with Crippen LogP contribution in [0.25, 0.3) is 0 Å². The van der Waals surface area contributed by atoms with Gasteiger partial charge in [0.2, 0.25) is 0 Å². The van der Waals surface area contributed by atoms with Gasteiger partial charge in [-0.3, -0.25) is 0 Å². The van der Waals surface area contributed by atoms with Gasteiger partial charge in [0, 0.05) is 0 Å². The zero-order valence-electron chi connectivity index (χ0n) is 10.0. The van der Waals surface area contributed by atoms with Gasteiger partial charge in [-0.05, 0) is 60.3 Å². The van der Waals surface area contributed by atoms with Crippen molar-refractivity contribution in [3.05, 3.63) is 28.2 Å². The molecule has 1 saturated carbocycles. The van der Waals surface area contributed by atoms with Crippen molar-refractivity contribution in [2.75, 3.05) is 0 Å². The maximum atomic E-state index is 10.9. The molecule has 98 valence electrons. The van der Waals surface area contributed by atoms with Crippen molar-refractivity contribution in [3.8, 4) is 5.75 Å². The Bertz CT molecular complexity index is 470. The van der Waals surface area contributed by atoms with Crippen LogP contribution in [0.5, 0.6) is 5.75 Å². The predicted molar refractivity (Wildman–Crippen MR) is 70.0 cm³/mol. The Kier molecular flexibility index (Phi) is 3.64. The van der Waals surface area contributed by atoms with Crippen LogP contribution in [0.3, 0.4) is 0 Å². The van der Waals surface area contributed by atoms with Crippen molar-refractivity contribution in [1.82, 2.24) is 0 Å². The molecule has 0 amide bonds. The van der Waals surface area contributed by atoms with Crippen LogP contribution in [0.1, 0.15) is 36.5 Å². The Balaban J connectivity index is 2.23. The van der Waals surface area contributed by atoms with Gasteiger partial charge in [-0.25, -0.2) is 4.79 Å². The zero-order chi connectivity index (χ0) is 13.3. The van der Waals surface area contributed by atoms with Crippen LogP contribution >= 0.6 is 15.9 Å². The van der Waals surface area contributed by atoms with E-state index in [1.807, 2.05) is 0 Å². The first kappa shape index (κ1) is 13.4. The molecule has 2 unspecified atom stereocenters. The summed E-state index contributed by atoms with van der Waals surface area (Å²) in [5.41, 5.74) is -0.676. The van der Waals surface area contributed by atoms with Gasteiger partial charge in [0.05, 0.1) is 15.6 Å². The Labute approximate surface area is 114 Å². The molecule has 2 N–H and O–H groups in total. The van der Waals surface area contributed by atoms with Crippen molar-refractivity contribution in [2.45, 2.75) is 37.9 Å². The molecule has 0 radical (unpaired) electrons. The molecule has 5 heteroatoms. The van der Waals surface area contributed by atoms with E-state index in [9.17, 15) is 9.90 Å². The third-order valence-corrected chi connectivity index (χ3v) is 3.95. The molecule has 4 nitrogen and oxygen atoms in total. The van der Waals surface area contributed by atoms with Gasteiger partial charge >= 0.3 is 5.97 Å². The topological polar surface area (TPSA) is 66.8 Å². The fraction of sp³-hybridized carbons (Fsp3) is 0.462. The number of aromatic carboxylic acids is 1. The smallest absolute Gasteiger partial charge is 0.335 e. The molecule has 2 atom stereocenters. The highest BCUT2D eigenvalue weighted by molar-refractivity contribution is 9.10. The Morgan fingerprint density at radius 3 is 2.83 bits per heavy atom. The number of carboxylic acid groups (broad SMARTS) is 1. The number of benzene rings is 1. The number of hydrogen-bond donors (Lipinski definition) is 2. The lowest BCUT2D eigenvalue weighted by atomic mass is 10.0. The molecule has 1 aliphatic rings. The van der Waals surface area contributed by atoms with E-state index in [4.69, 9.17) is 9.84 Å². The van der Waals surface area contributed by atoms with Crippen LogP contribution < -0.4 is 4.74 Å². The fourth-order valence-corrected chi connectivity index (χ4v) is 2.52. The van der Waals surface area contributed by atoms with Crippen LogP contribution in [0, 0.1) is 0 Å². The molecule has 1 aromatic rings. The lowest BCUT2D eigenvalue weighted by molar-refractivity contribution is -0.0255. The van der Waals surface area contributed by atoms with E-state index in [-0.39, 0.29) is 11.7 Å². The van der Waals surface area contributed by atoms with Crippen molar-refractivity contribution in [1.29, 1.82) is 0 Å². The molecule has 0 aromatic heterocycles. The van der Waals surface area contributed by atoms with E-state index in [1.165, 1.54) is 12.1 Å². The second-order valence-electron chi connectivity index (χ2n) is 4.81. The van der Waals surface area contributed by atoms with Crippen molar-refractivity contribution in [2.24, 2.45) is 0 Å². The van der Waals surface area contributed by atoms with Crippen molar-refractivity contribution in [3.63, 3.8) is 0 Å². The molecule has 1 aromatic carbocycles. The summed E-state index contributed by atoms with van der Waals surface area (Å²) in [6, 6.07) is 4.62. The molecule has 0 heterocycles. The standard InChI is InChI=1S/C13H15BrO4/c1-13(17)6-2-3-11(13)18-10-7-8(12(15)16)4-5-9(10)14/h4-5,7,11,17H,2-3,6H2,1H3,(H,15,16). The molecule has 1 fully saturated rings. The molecule has 0 aliphatic heterocycles. The first-order valence-corrected chi connectivity index (χ1v) is 6.61. The summed E-state index contributed by atoms with van der Waals surface area (Å²) in [6.07, 6.45) is 2.09. The van der Waals surface area contributed by atoms with Crippen LogP contribution in [0.15, 0.2) is 22.7 Å². The molecular formula is C13H15BrO4. The van der Waals surface area contributed by atoms with Gasteiger partial charge in [-0.2, -0.15) is 0 Å². The minimum atomic E-state index is -0.995. The maximum Gasteiger partial charge on any atom is 0.335 e. The number of hydrogen-bond acceptors (Lipinski definition) is 3. The summed E-state index contributed by atoms with van der Waals surface area (Å²) in [6.45, 7) is 1.75. The minimum Gasteiger partial charge on any atom is -0.486 e. The lowest BCUT2D eigenvalue weighted by Gasteiger charge is -2.26. The third kappa shape index (κ3) is 2.67. The first-order valence-electron chi connectivity index (χ1n) is 5.82. The summed E-state index contributed by atoms with van der Waals surface area (Å²) in [5, 5.41) is 19.1. The van der Waals surface area contributed by atoms with Gasteiger partial charge in [-0.15, -0.1) is 0 Å². The molecule has 1 aliphatic carbocycles. The average molecular weight is 315 g/mol. The van der Waals surface area contributed by atoms with Gasteiger partial charge in [-0.1, -0.05) is 0 Å². The number of rotatable bonds is 3. The Morgan fingerprint density at radius 1 is 1.56 bits per heavy atom. The van der Waals surface area contributed by atoms with Crippen LogP contribution in [-0.4, -0.2) is 27.9 Å². The Morgan fingerprint density at radius 2 is 2.28 bits per heavy atom. The van der Waals surface area contributed by atoms with E-state index < -0.39 is 11.6 Å². The quantitative estimate of drug-likeness (QED) is 0.900.